The van der Waals surface area contributed by atoms with E-state index in [1.165, 1.54) is 76.3 Å². The van der Waals surface area contributed by atoms with E-state index < -0.39 is 0 Å². The van der Waals surface area contributed by atoms with Crippen LogP contribution in [-0.2, 0) is 6.42 Å². The summed E-state index contributed by atoms with van der Waals surface area (Å²) in [4.78, 5) is 0. The molecule has 39 heavy (non-hydrogen) atoms. The summed E-state index contributed by atoms with van der Waals surface area (Å²) in [6.07, 6.45) is 13.4. The number of rotatable bonds is 2. The van der Waals surface area contributed by atoms with Gasteiger partial charge in [-0.15, -0.1) is 0 Å². The van der Waals surface area contributed by atoms with Gasteiger partial charge in [-0.1, -0.05) is 49.6 Å². The Balaban J connectivity index is 1.33. The highest BCUT2D eigenvalue weighted by atomic mass is 16.3. The maximum absolute atomic E-state index is 6.43. The van der Waals surface area contributed by atoms with Crippen LogP contribution in [-0.4, -0.2) is 4.57 Å². The van der Waals surface area contributed by atoms with Gasteiger partial charge in [0.05, 0.1) is 5.52 Å². The Bertz CT molecular complexity index is 2110. The third-order valence-corrected chi connectivity index (χ3v) is 9.27. The summed E-state index contributed by atoms with van der Waals surface area (Å²) in [6, 6.07) is 26.5. The maximum atomic E-state index is 6.43. The first-order valence-electron chi connectivity index (χ1n) is 14.4. The zero-order valence-corrected chi connectivity index (χ0v) is 21.9. The summed E-state index contributed by atoms with van der Waals surface area (Å²) < 4.78 is 15.3. The van der Waals surface area contributed by atoms with Crippen molar-refractivity contribution in [3.8, 4) is 5.69 Å². The quantitative estimate of drug-likeness (QED) is 0.233. The molecule has 2 aliphatic carbocycles. The number of furan rings is 2. The molecule has 3 heteroatoms. The highest BCUT2D eigenvalue weighted by Gasteiger charge is 2.22. The van der Waals surface area contributed by atoms with Crippen LogP contribution < -0.4 is 0 Å². The lowest BCUT2D eigenvalue weighted by Gasteiger charge is -2.21. The number of para-hydroxylation sites is 1. The lowest BCUT2D eigenvalue weighted by Crippen LogP contribution is -2.03. The molecule has 9 rings (SSSR count). The van der Waals surface area contributed by atoms with E-state index in [2.05, 4.69) is 89.5 Å². The van der Waals surface area contributed by atoms with E-state index in [1.54, 1.807) is 0 Å². The summed E-state index contributed by atoms with van der Waals surface area (Å²) >= 11 is 0. The molecule has 4 aromatic carbocycles. The standard InChI is InChI=1S/C36H29NO2/c1-2-8-22(9-3-1)23-14-16-31-27(20-23)35-33(38-31)18-19-34-36(35)28-21-24(15-17-32(28)39-34)37-29-12-6-4-10-25(29)26-11-5-7-13-30(26)37/h4,6-7,10,12-22H,1-3,5,8-9,11H2. The number of benzene rings is 4. The van der Waals surface area contributed by atoms with Gasteiger partial charge in [-0.05, 0) is 97.3 Å². The second-order valence-electron chi connectivity index (χ2n) is 11.4. The minimum absolute atomic E-state index is 0.654. The van der Waals surface area contributed by atoms with Crippen LogP contribution >= 0.6 is 0 Å². The zero-order chi connectivity index (χ0) is 25.5. The molecule has 1 saturated carbocycles. The molecule has 2 aliphatic rings. The third-order valence-electron chi connectivity index (χ3n) is 9.27. The first-order valence-corrected chi connectivity index (χ1v) is 14.4. The van der Waals surface area contributed by atoms with Crippen LogP contribution in [0.2, 0.25) is 0 Å². The van der Waals surface area contributed by atoms with Crippen LogP contribution in [0.4, 0.5) is 0 Å². The molecule has 0 atom stereocenters. The van der Waals surface area contributed by atoms with Crippen molar-refractivity contribution in [2.45, 2.75) is 50.9 Å². The van der Waals surface area contributed by atoms with Crippen molar-refractivity contribution in [3.63, 3.8) is 0 Å². The van der Waals surface area contributed by atoms with Gasteiger partial charge >= 0.3 is 0 Å². The van der Waals surface area contributed by atoms with Crippen LogP contribution in [0, 0.1) is 0 Å². The Hall–Kier alpha value is -4.24. The predicted octanol–water partition coefficient (Wildman–Crippen LogP) is 10.4. The second-order valence-corrected chi connectivity index (χ2v) is 11.4. The van der Waals surface area contributed by atoms with Crippen molar-refractivity contribution < 1.29 is 8.83 Å². The largest absolute Gasteiger partial charge is 0.456 e. The van der Waals surface area contributed by atoms with Gasteiger partial charge in [-0.2, -0.15) is 0 Å². The molecule has 0 N–H and O–H groups in total. The summed E-state index contributed by atoms with van der Waals surface area (Å²) in [7, 11) is 0. The average molecular weight is 508 g/mol. The Morgan fingerprint density at radius 2 is 1.38 bits per heavy atom. The van der Waals surface area contributed by atoms with Crippen LogP contribution in [0.15, 0.2) is 87.7 Å². The van der Waals surface area contributed by atoms with Crippen LogP contribution in [0.3, 0.4) is 0 Å². The number of nitrogens with zero attached hydrogens (tertiary/aromatic N) is 1. The van der Waals surface area contributed by atoms with Crippen molar-refractivity contribution in [3.05, 3.63) is 95.7 Å². The first kappa shape index (κ1) is 21.7. The molecule has 0 spiro atoms. The van der Waals surface area contributed by atoms with E-state index >= 15 is 0 Å². The van der Waals surface area contributed by atoms with Crippen molar-refractivity contribution in [1.82, 2.24) is 4.57 Å². The second kappa shape index (κ2) is 8.13. The Morgan fingerprint density at radius 1 is 0.667 bits per heavy atom. The highest BCUT2D eigenvalue weighted by molar-refractivity contribution is 6.26. The molecule has 0 amide bonds. The van der Waals surface area contributed by atoms with Crippen molar-refractivity contribution in [2.24, 2.45) is 0 Å². The smallest absolute Gasteiger partial charge is 0.136 e. The van der Waals surface area contributed by atoms with Crippen LogP contribution in [0.1, 0.15) is 61.3 Å². The van der Waals surface area contributed by atoms with Crippen molar-refractivity contribution in [1.29, 1.82) is 0 Å². The Labute approximate surface area is 226 Å². The topological polar surface area (TPSA) is 31.2 Å². The first-order chi connectivity index (χ1) is 19.3. The van der Waals surface area contributed by atoms with Gasteiger partial charge in [0.1, 0.15) is 22.3 Å². The molecule has 0 bridgehead atoms. The average Bonchev–Trinajstić information content (AvgIpc) is 3.66. The molecule has 190 valence electrons. The number of fused-ring (bicyclic) bond motifs is 10. The van der Waals surface area contributed by atoms with Crippen LogP contribution in [0.5, 0.6) is 0 Å². The number of aryl methyl sites for hydroxylation is 1. The molecule has 0 radical (unpaired) electrons. The molecule has 3 aromatic heterocycles. The monoisotopic (exact) mass is 507 g/mol. The molecular formula is C36H29NO2. The molecule has 0 saturated heterocycles. The van der Waals surface area contributed by atoms with Gasteiger partial charge in [0, 0.05) is 38.3 Å². The molecular weight excluding hydrogens is 478 g/mol. The summed E-state index contributed by atoms with van der Waals surface area (Å²) in [5, 5.41) is 6.04. The van der Waals surface area contributed by atoms with Gasteiger partial charge in [0.15, 0.2) is 0 Å². The predicted molar refractivity (Wildman–Crippen MR) is 161 cm³/mol. The van der Waals surface area contributed by atoms with Gasteiger partial charge in [-0.25, -0.2) is 0 Å². The van der Waals surface area contributed by atoms with Gasteiger partial charge in [0.2, 0.25) is 0 Å². The fraction of sp³-hybridized carbons (Fsp3) is 0.222. The van der Waals surface area contributed by atoms with E-state index in [0.717, 1.165) is 45.9 Å². The number of allylic oxidation sites excluding steroid dienone is 1. The Morgan fingerprint density at radius 3 is 2.21 bits per heavy atom. The molecule has 1 fully saturated rings. The summed E-state index contributed by atoms with van der Waals surface area (Å²) in [6.45, 7) is 0. The Kier molecular flexibility index (Phi) is 4.52. The summed E-state index contributed by atoms with van der Waals surface area (Å²) in [5.74, 6) is 0.654. The lowest BCUT2D eigenvalue weighted by molar-refractivity contribution is 0.444. The van der Waals surface area contributed by atoms with Crippen molar-refractivity contribution in [2.75, 3.05) is 0 Å². The van der Waals surface area contributed by atoms with E-state index in [9.17, 15) is 0 Å². The van der Waals surface area contributed by atoms with Gasteiger partial charge in [-0.3, -0.25) is 0 Å². The van der Waals surface area contributed by atoms with Crippen molar-refractivity contribution >= 4 is 60.9 Å². The number of hydrogen-bond donors (Lipinski definition) is 0. The SMILES string of the molecule is C1=Cc2c(c3ccccc3n2-c2ccc3oc4ccc5oc6ccc(C7CCCCC7)cc6c5c4c3c2)CC1. The zero-order valence-electron chi connectivity index (χ0n) is 21.9. The molecule has 0 aliphatic heterocycles. The minimum Gasteiger partial charge on any atom is -0.456 e. The van der Waals surface area contributed by atoms with E-state index in [4.69, 9.17) is 8.83 Å². The van der Waals surface area contributed by atoms with Crippen LogP contribution in [0.25, 0.3) is 66.5 Å². The number of hydrogen-bond acceptors (Lipinski definition) is 2. The maximum Gasteiger partial charge on any atom is 0.136 e. The molecule has 0 unspecified atom stereocenters. The third kappa shape index (κ3) is 3.10. The minimum atomic E-state index is 0.654. The molecule has 3 heterocycles. The molecule has 7 aromatic rings. The fourth-order valence-corrected chi connectivity index (χ4v) is 7.43. The number of aromatic nitrogens is 1. The van der Waals surface area contributed by atoms with Gasteiger partial charge < -0.3 is 13.4 Å². The summed E-state index contributed by atoms with van der Waals surface area (Å²) in [5.41, 5.74) is 10.3. The van der Waals surface area contributed by atoms with E-state index in [1.807, 2.05) is 0 Å². The van der Waals surface area contributed by atoms with Gasteiger partial charge in [0.25, 0.3) is 0 Å². The fourth-order valence-electron chi connectivity index (χ4n) is 7.43. The molecule has 3 nitrogen and oxygen atoms in total. The lowest BCUT2D eigenvalue weighted by atomic mass is 9.83. The highest BCUT2D eigenvalue weighted by Crippen LogP contribution is 2.43. The normalized spacial score (nSPS) is 16.3. The van der Waals surface area contributed by atoms with E-state index in [0.29, 0.717) is 5.92 Å². The van der Waals surface area contributed by atoms with E-state index in [-0.39, 0.29) is 0 Å².